The number of hydrogen-bond donors (Lipinski definition) is 1. The molecule has 1 heterocycles. The first-order valence-electron chi connectivity index (χ1n) is 14.3. The molecule has 7 heteroatoms. The molecule has 41 heavy (non-hydrogen) atoms. The maximum atomic E-state index is 14.1. The second-order valence-corrected chi connectivity index (χ2v) is 13.0. The molecule has 6 nitrogen and oxygen atoms in total. The van der Waals surface area contributed by atoms with Gasteiger partial charge < -0.3 is 4.90 Å². The van der Waals surface area contributed by atoms with Crippen molar-refractivity contribution >= 4 is 21.6 Å². The van der Waals surface area contributed by atoms with Gasteiger partial charge in [-0.05, 0) is 104 Å². The summed E-state index contributed by atoms with van der Waals surface area (Å²) < 4.78 is 29.7. The van der Waals surface area contributed by atoms with E-state index in [0.717, 1.165) is 53.0 Å². The average molecular weight is 566 g/mol. The Bertz CT molecular complexity index is 1690. The fourth-order valence-corrected chi connectivity index (χ4v) is 7.35. The van der Waals surface area contributed by atoms with E-state index in [1.54, 1.807) is 18.2 Å². The number of benzene rings is 3. The van der Waals surface area contributed by atoms with Crippen LogP contribution in [0.2, 0.25) is 0 Å². The number of fused-ring (bicyclic) bond motifs is 1. The van der Waals surface area contributed by atoms with Crippen LogP contribution >= 0.6 is 0 Å². The van der Waals surface area contributed by atoms with Crippen LogP contribution in [-0.4, -0.2) is 19.3 Å². The Kier molecular flexibility index (Phi) is 7.49. The molecule has 1 aromatic heterocycles. The number of carbonyl (C=O) groups is 1. The highest BCUT2D eigenvalue weighted by atomic mass is 32.2. The van der Waals surface area contributed by atoms with Crippen LogP contribution in [-0.2, 0) is 27.8 Å². The lowest BCUT2D eigenvalue weighted by atomic mass is 9.87. The number of aromatic nitrogens is 1. The summed E-state index contributed by atoms with van der Waals surface area (Å²) in [6.07, 6.45) is 3.30. The average Bonchev–Trinajstić information content (AvgIpc) is 3.77. The quantitative estimate of drug-likeness (QED) is 0.268. The standard InChI is InChI=1S/C34H35N3O3S/c1-23-9-6-15-29(19-23)41(39,40)36-33-16-8-13-26-17-18-28(20-31(26)33)37(22-27-14-7-10-24(2)35-27)34(38)32-21-30(32)25-11-4-3-5-12-25/h3-7,9-12,14-15,17-20,30,32-33,36H,8,13,16,21-22H2,1-2H3/t30-,32+,33-/m1/s1. The van der Waals surface area contributed by atoms with Gasteiger partial charge in [-0.15, -0.1) is 0 Å². The van der Waals surface area contributed by atoms with E-state index in [-0.39, 0.29) is 28.7 Å². The van der Waals surface area contributed by atoms with Crippen LogP contribution in [0.1, 0.15) is 64.9 Å². The van der Waals surface area contributed by atoms with Gasteiger partial charge in [-0.2, -0.15) is 0 Å². The summed E-state index contributed by atoms with van der Waals surface area (Å²) >= 11 is 0. The second-order valence-electron chi connectivity index (χ2n) is 11.3. The number of aryl methyl sites for hydroxylation is 3. The summed E-state index contributed by atoms with van der Waals surface area (Å²) in [5.41, 5.74) is 6.64. The molecular weight excluding hydrogens is 530 g/mol. The van der Waals surface area contributed by atoms with Gasteiger partial charge in [0.15, 0.2) is 0 Å². The Hall–Kier alpha value is -3.81. The second kappa shape index (κ2) is 11.2. The number of hydrogen-bond acceptors (Lipinski definition) is 4. The van der Waals surface area contributed by atoms with E-state index in [9.17, 15) is 13.2 Å². The summed E-state index contributed by atoms with van der Waals surface area (Å²) in [5.74, 6) is 0.201. The van der Waals surface area contributed by atoms with E-state index >= 15 is 0 Å². The lowest BCUT2D eigenvalue weighted by molar-refractivity contribution is -0.120. The minimum atomic E-state index is -3.71. The number of pyridine rings is 1. The number of amides is 1. The number of carbonyl (C=O) groups excluding carboxylic acids is 1. The highest BCUT2D eigenvalue weighted by Gasteiger charge is 2.46. The minimum Gasteiger partial charge on any atom is -0.306 e. The molecule has 0 spiro atoms. The first-order chi connectivity index (χ1) is 19.8. The van der Waals surface area contributed by atoms with Gasteiger partial charge in [0.05, 0.1) is 17.1 Å². The topological polar surface area (TPSA) is 79.4 Å². The Balaban J connectivity index is 1.32. The van der Waals surface area contributed by atoms with Crippen molar-refractivity contribution in [1.82, 2.24) is 9.71 Å². The monoisotopic (exact) mass is 565 g/mol. The zero-order valence-electron chi connectivity index (χ0n) is 23.5. The maximum Gasteiger partial charge on any atom is 0.241 e. The fraction of sp³-hybridized carbons (Fsp3) is 0.294. The number of nitrogens with one attached hydrogen (secondary N) is 1. The molecule has 4 aromatic rings. The molecule has 1 N–H and O–H groups in total. The maximum absolute atomic E-state index is 14.1. The molecule has 0 aliphatic heterocycles. The largest absolute Gasteiger partial charge is 0.306 e. The van der Waals surface area contributed by atoms with Crippen molar-refractivity contribution in [3.8, 4) is 0 Å². The van der Waals surface area contributed by atoms with Gasteiger partial charge in [0, 0.05) is 23.3 Å². The van der Waals surface area contributed by atoms with Crippen molar-refractivity contribution in [3.05, 3.63) is 125 Å². The molecule has 1 fully saturated rings. The van der Waals surface area contributed by atoms with Gasteiger partial charge >= 0.3 is 0 Å². The van der Waals surface area contributed by atoms with E-state index in [4.69, 9.17) is 0 Å². The summed E-state index contributed by atoms with van der Waals surface area (Å²) in [5, 5.41) is 0. The molecule has 3 aromatic carbocycles. The van der Waals surface area contributed by atoms with Crippen LogP contribution in [0.25, 0.3) is 0 Å². The minimum absolute atomic E-state index is 0.0785. The van der Waals surface area contributed by atoms with Gasteiger partial charge in [0.25, 0.3) is 0 Å². The Morgan fingerprint density at radius 1 is 0.951 bits per heavy atom. The molecular formula is C34H35N3O3S. The zero-order valence-corrected chi connectivity index (χ0v) is 24.3. The Labute approximate surface area is 242 Å². The summed E-state index contributed by atoms with van der Waals surface area (Å²) in [6.45, 7) is 4.20. The molecule has 0 saturated heterocycles. The van der Waals surface area contributed by atoms with E-state index in [2.05, 4.69) is 27.9 Å². The number of rotatable bonds is 8. The normalized spacial score (nSPS) is 19.8. The van der Waals surface area contributed by atoms with Crippen molar-refractivity contribution in [2.24, 2.45) is 5.92 Å². The van der Waals surface area contributed by atoms with Crippen molar-refractivity contribution in [2.45, 2.75) is 62.9 Å². The molecule has 1 amide bonds. The van der Waals surface area contributed by atoms with E-state index in [0.29, 0.717) is 13.0 Å². The third-order valence-corrected chi connectivity index (χ3v) is 9.69. The molecule has 0 unspecified atom stereocenters. The van der Waals surface area contributed by atoms with Crippen molar-refractivity contribution < 1.29 is 13.2 Å². The third-order valence-electron chi connectivity index (χ3n) is 8.22. The lowest BCUT2D eigenvalue weighted by Gasteiger charge is -2.29. The van der Waals surface area contributed by atoms with Crippen LogP contribution in [0.5, 0.6) is 0 Å². The first-order valence-corrected chi connectivity index (χ1v) is 15.8. The predicted molar refractivity (Wildman–Crippen MR) is 161 cm³/mol. The molecule has 0 bridgehead atoms. The van der Waals surface area contributed by atoms with Crippen molar-refractivity contribution in [2.75, 3.05) is 4.90 Å². The predicted octanol–water partition coefficient (Wildman–Crippen LogP) is 6.39. The van der Waals surface area contributed by atoms with Crippen LogP contribution in [0.15, 0.2) is 95.9 Å². The SMILES string of the molecule is Cc1cccc(S(=O)(=O)N[C@@H]2CCCc3ccc(N(Cc4cccc(C)n4)C(=O)[C@H]4C[C@@H]4c4ccccc4)cc32)c1. The molecule has 2 aliphatic rings. The van der Waals surface area contributed by atoms with E-state index in [1.165, 1.54) is 5.56 Å². The zero-order chi connectivity index (χ0) is 28.6. The van der Waals surface area contributed by atoms with Gasteiger partial charge in [-0.3, -0.25) is 9.78 Å². The fourth-order valence-electron chi connectivity index (χ4n) is 6.00. The van der Waals surface area contributed by atoms with Crippen LogP contribution in [0, 0.1) is 19.8 Å². The summed E-state index contributed by atoms with van der Waals surface area (Å²) in [7, 11) is -3.71. The van der Waals surface area contributed by atoms with E-state index in [1.807, 2.05) is 73.3 Å². The Morgan fingerprint density at radius 3 is 2.54 bits per heavy atom. The molecule has 210 valence electrons. The molecule has 3 atom stereocenters. The van der Waals surface area contributed by atoms with Crippen LogP contribution < -0.4 is 9.62 Å². The summed E-state index contributed by atoms with van der Waals surface area (Å²) in [4.78, 5) is 20.9. The van der Waals surface area contributed by atoms with Crippen LogP contribution in [0.4, 0.5) is 5.69 Å². The summed E-state index contributed by atoms with van der Waals surface area (Å²) in [6, 6.07) is 28.8. The van der Waals surface area contributed by atoms with Crippen molar-refractivity contribution in [3.63, 3.8) is 0 Å². The highest BCUT2D eigenvalue weighted by molar-refractivity contribution is 7.89. The molecule has 2 aliphatic carbocycles. The molecule has 0 radical (unpaired) electrons. The highest BCUT2D eigenvalue weighted by Crippen LogP contribution is 2.49. The first kappa shape index (κ1) is 27.4. The molecule has 6 rings (SSSR count). The van der Waals surface area contributed by atoms with Gasteiger partial charge in [0.2, 0.25) is 15.9 Å². The van der Waals surface area contributed by atoms with Gasteiger partial charge in [0.1, 0.15) is 0 Å². The Morgan fingerprint density at radius 2 is 1.76 bits per heavy atom. The molecule has 1 saturated carbocycles. The number of sulfonamides is 1. The van der Waals surface area contributed by atoms with Gasteiger partial charge in [-0.1, -0.05) is 54.6 Å². The number of nitrogens with zero attached hydrogens (tertiary/aromatic N) is 2. The van der Waals surface area contributed by atoms with Gasteiger partial charge in [-0.25, -0.2) is 13.1 Å². The van der Waals surface area contributed by atoms with Crippen molar-refractivity contribution in [1.29, 1.82) is 0 Å². The lowest BCUT2D eigenvalue weighted by Crippen LogP contribution is -2.34. The smallest absolute Gasteiger partial charge is 0.241 e. The number of anilines is 1. The van der Waals surface area contributed by atoms with E-state index < -0.39 is 10.0 Å². The third kappa shape index (κ3) is 5.97. The van der Waals surface area contributed by atoms with Crippen LogP contribution in [0.3, 0.4) is 0 Å².